The Morgan fingerprint density at radius 3 is 1.56 bits per heavy atom. The molecule has 4 saturated heterocycles. The Morgan fingerprint density at radius 2 is 1.16 bits per heavy atom. The van der Waals surface area contributed by atoms with Crippen LogP contribution >= 0.6 is 0 Å². The number of hydrogen-bond acceptors (Lipinski definition) is 9. The maximum absolute atomic E-state index is 13.3. The summed E-state index contributed by atoms with van der Waals surface area (Å²) in [6, 6.07) is 22.9. The molecule has 0 radical (unpaired) electrons. The molecule has 0 aliphatic carbocycles. The molecule has 55 heavy (non-hydrogen) atoms. The number of carboxylic acid groups (broad SMARTS) is 1. The van der Waals surface area contributed by atoms with E-state index in [4.69, 9.17) is 15.3 Å². The smallest absolute Gasteiger partial charge is 0.329 e. The Balaban J connectivity index is 0.000000211. The molecule has 4 heterocycles. The summed E-state index contributed by atoms with van der Waals surface area (Å²) in [5.41, 5.74) is 2.58. The van der Waals surface area contributed by atoms with Crippen molar-refractivity contribution in [3.05, 3.63) is 71.8 Å². The van der Waals surface area contributed by atoms with Crippen molar-refractivity contribution >= 4 is 23.8 Å². The zero-order valence-corrected chi connectivity index (χ0v) is 32.5. The van der Waals surface area contributed by atoms with E-state index in [2.05, 4.69) is 60.0 Å². The van der Waals surface area contributed by atoms with E-state index in [1.807, 2.05) is 36.4 Å². The van der Waals surface area contributed by atoms with Crippen molar-refractivity contribution in [3.63, 3.8) is 0 Å². The summed E-state index contributed by atoms with van der Waals surface area (Å²) < 4.78 is 4.87. The lowest BCUT2D eigenvalue weighted by Crippen LogP contribution is -2.50. The summed E-state index contributed by atoms with van der Waals surface area (Å²) in [4.78, 5) is 58.0. The number of esters is 1. The second-order valence-electron chi connectivity index (χ2n) is 15.7. The number of nitriles is 2. The zero-order valence-electron chi connectivity index (χ0n) is 32.5. The van der Waals surface area contributed by atoms with Gasteiger partial charge in [-0.2, -0.15) is 10.5 Å². The van der Waals surface area contributed by atoms with Gasteiger partial charge in [0.15, 0.2) is 0 Å². The van der Waals surface area contributed by atoms with Gasteiger partial charge in [-0.25, -0.2) is 9.59 Å². The molecule has 2 aromatic carbocycles. The number of ether oxygens (including phenoxy) is 1. The van der Waals surface area contributed by atoms with Crippen LogP contribution in [-0.2, 0) is 36.8 Å². The van der Waals surface area contributed by atoms with E-state index < -0.39 is 24.0 Å². The number of carboxylic acids is 1. The number of rotatable bonds is 12. The lowest BCUT2D eigenvalue weighted by atomic mass is 10.0. The molecule has 6 rings (SSSR count). The Morgan fingerprint density at radius 1 is 0.745 bits per heavy atom. The molecule has 0 bridgehead atoms. The molecule has 4 aliphatic heterocycles. The third-order valence-electron chi connectivity index (χ3n) is 11.9. The van der Waals surface area contributed by atoms with Crippen molar-refractivity contribution in [1.29, 1.82) is 10.5 Å². The first kappa shape index (κ1) is 41.4. The van der Waals surface area contributed by atoms with Crippen LogP contribution in [0.1, 0.15) is 76.3 Å². The number of carbonyl (C=O) groups excluding carboxylic acids is 3. The van der Waals surface area contributed by atoms with Gasteiger partial charge in [0.1, 0.15) is 12.1 Å². The van der Waals surface area contributed by atoms with Crippen molar-refractivity contribution < 1.29 is 29.0 Å². The molecule has 1 N–H and O–H groups in total. The van der Waals surface area contributed by atoms with E-state index >= 15 is 0 Å². The number of aryl methyl sites for hydroxylation is 2. The highest BCUT2D eigenvalue weighted by atomic mass is 16.5. The fourth-order valence-corrected chi connectivity index (χ4v) is 9.12. The van der Waals surface area contributed by atoms with Crippen LogP contribution in [0.15, 0.2) is 60.7 Å². The molecule has 2 amide bonds. The van der Waals surface area contributed by atoms with Crippen molar-refractivity contribution in [2.45, 2.75) is 114 Å². The zero-order chi connectivity index (χ0) is 39.5. The highest BCUT2D eigenvalue weighted by Gasteiger charge is 2.47. The van der Waals surface area contributed by atoms with Gasteiger partial charge in [0.25, 0.3) is 0 Å². The molecular weight excluding hydrogens is 697 g/mol. The summed E-state index contributed by atoms with van der Waals surface area (Å²) in [5, 5.41) is 27.7. The first-order valence-electron chi connectivity index (χ1n) is 19.8. The number of carbonyl (C=O) groups is 4. The SMILES string of the molecule is COC(=O)[C@@H](CC#N)N1CCC(CCc2ccccc2)N2C[C@H](C)C[C@H]2C1=O.C[C@@H]1C[C@H]2C(=O)N([C@H](CC#N)C(=O)O)CCC(CCc3ccccc3)N2C1. The third-order valence-corrected chi connectivity index (χ3v) is 11.9. The van der Waals surface area contributed by atoms with E-state index in [0.29, 0.717) is 31.0 Å². The topological polar surface area (TPSA) is 158 Å². The normalized spacial score (nSPS) is 26.6. The van der Waals surface area contributed by atoms with Gasteiger partial charge in [-0.3, -0.25) is 19.4 Å². The number of fused-ring (bicyclic) bond motifs is 2. The summed E-state index contributed by atoms with van der Waals surface area (Å²) >= 11 is 0. The average Bonchev–Trinajstić information content (AvgIpc) is 3.72. The first-order valence-corrected chi connectivity index (χ1v) is 19.8. The van der Waals surface area contributed by atoms with Gasteiger partial charge in [-0.05, 0) is 74.3 Å². The lowest BCUT2D eigenvalue weighted by Gasteiger charge is -2.31. The van der Waals surface area contributed by atoms with Crippen LogP contribution < -0.4 is 0 Å². The quantitative estimate of drug-likeness (QED) is 0.302. The summed E-state index contributed by atoms with van der Waals surface area (Å²) in [6.45, 7) is 6.99. The van der Waals surface area contributed by atoms with Crippen LogP contribution in [0.5, 0.6) is 0 Å². The van der Waals surface area contributed by atoms with Crippen molar-refractivity contribution in [1.82, 2.24) is 19.6 Å². The highest BCUT2D eigenvalue weighted by molar-refractivity contribution is 5.89. The van der Waals surface area contributed by atoms with Gasteiger partial charge in [0, 0.05) is 38.3 Å². The van der Waals surface area contributed by atoms with Gasteiger partial charge in [-0.1, -0.05) is 74.5 Å². The van der Waals surface area contributed by atoms with Crippen LogP contribution in [0.25, 0.3) is 0 Å². The molecule has 0 saturated carbocycles. The van der Waals surface area contributed by atoms with Gasteiger partial charge >= 0.3 is 11.9 Å². The van der Waals surface area contributed by atoms with Crippen LogP contribution in [0.2, 0.25) is 0 Å². The molecule has 0 aromatic heterocycles. The Hall–Kier alpha value is -4.78. The molecule has 12 nitrogen and oxygen atoms in total. The minimum Gasteiger partial charge on any atom is -0.480 e. The molecule has 4 fully saturated rings. The van der Waals surface area contributed by atoms with Crippen molar-refractivity contribution in [3.8, 4) is 12.1 Å². The maximum Gasteiger partial charge on any atom is 0.329 e. The first-order chi connectivity index (χ1) is 26.6. The minimum absolute atomic E-state index is 0.0304. The van der Waals surface area contributed by atoms with E-state index in [1.165, 1.54) is 23.1 Å². The second-order valence-corrected chi connectivity index (χ2v) is 15.7. The molecule has 8 atom stereocenters. The largest absolute Gasteiger partial charge is 0.480 e. The lowest BCUT2D eigenvalue weighted by molar-refractivity contribution is -0.153. The molecule has 4 aliphatic rings. The summed E-state index contributed by atoms with van der Waals surface area (Å²) in [6.07, 6.45) is 6.76. The average molecular weight is 753 g/mol. The summed E-state index contributed by atoms with van der Waals surface area (Å²) in [7, 11) is 1.31. The van der Waals surface area contributed by atoms with Gasteiger partial charge in [-0.15, -0.1) is 0 Å². The number of nitrogens with zero attached hydrogens (tertiary/aromatic N) is 6. The van der Waals surface area contributed by atoms with Crippen LogP contribution in [-0.4, -0.2) is 118 Å². The predicted molar refractivity (Wildman–Crippen MR) is 206 cm³/mol. The van der Waals surface area contributed by atoms with Crippen molar-refractivity contribution in [2.24, 2.45) is 11.8 Å². The van der Waals surface area contributed by atoms with Crippen molar-refractivity contribution in [2.75, 3.05) is 33.3 Å². The molecule has 2 unspecified atom stereocenters. The monoisotopic (exact) mass is 752 g/mol. The number of hydrogen-bond donors (Lipinski definition) is 1. The van der Waals surface area contributed by atoms with Gasteiger partial charge in [0.05, 0.1) is 44.2 Å². The van der Waals surface area contributed by atoms with Crippen LogP contribution in [0.3, 0.4) is 0 Å². The number of amides is 2. The second kappa shape index (κ2) is 19.7. The third kappa shape index (κ3) is 10.3. The van der Waals surface area contributed by atoms with Crippen LogP contribution in [0, 0.1) is 34.5 Å². The standard InChI is InChI=1S/C22H29N3O3.C21H27N3O3/c1-16-14-20-21(26)24(19(10-12-23)22(27)28-2)13-11-18(25(20)15-16)9-8-17-6-4-3-5-7-17;1-15-13-19-20(25)23(18(9-11-22)21(26)27)12-10-17(24(19)14-15)8-7-16-5-3-2-4-6-16/h3-7,16,18-20H,8-11,13-15H2,1-2H3;2-6,15,17-19H,7-10,12-14H2,1H3,(H,26,27)/t16-,18?,19-,20+;15-,17?,18-,19+/m11/s1. The van der Waals surface area contributed by atoms with E-state index in [0.717, 1.165) is 64.5 Å². The molecular formula is C43H56N6O6. The Labute approximate surface area is 325 Å². The fourth-order valence-electron chi connectivity index (χ4n) is 9.12. The van der Waals surface area contributed by atoms with E-state index in [1.54, 1.807) is 4.90 Å². The van der Waals surface area contributed by atoms with E-state index in [9.17, 15) is 24.3 Å². The fraction of sp³-hybridized carbons (Fsp3) is 0.581. The van der Waals surface area contributed by atoms with Crippen LogP contribution in [0.4, 0.5) is 0 Å². The minimum atomic E-state index is -1.09. The molecule has 2 aromatic rings. The number of aliphatic carboxylic acids is 1. The number of benzene rings is 2. The number of methoxy groups -OCH3 is 1. The Bertz CT molecular complexity index is 1690. The van der Waals surface area contributed by atoms with Gasteiger partial charge in [0.2, 0.25) is 11.8 Å². The molecule has 294 valence electrons. The maximum atomic E-state index is 13.3. The molecule has 0 spiro atoms. The van der Waals surface area contributed by atoms with Gasteiger partial charge < -0.3 is 19.6 Å². The predicted octanol–water partition coefficient (Wildman–Crippen LogP) is 4.68. The molecule has 12 heteroatoms. The Kier molecular flexibility index (Phi) is 14.8. The summed E-state index contributed by atoms with van der Waals surface area (Å²) in [5.74, 6) is -0.889. The van der Waals surface area contributed by atoms with E-state index in [-0.39, 0.29) is 42.8 Å². The highest BCUT2D eigenvalue weighted by Crippen LogP contribution is 2.34.